The van der Waals surface area contributed by atoms with Gasteiger partial charge in [-0.05, 0) is 20.8 Å². The van der Waals surface area contributed by atoms with E-state index in [1.54, 1.807) is 13.8 Å². The molecule has 0 aromatic carbocycles. The lowest BCUT2D eigenvalue weighted by molar-refractivity contribution is -0.175. The molecule has 0 radical (unpaired) electrons. The molecular formula is C12H20NO7P. The Labute approximate surface area is 123 Å². The van der Waals surface area contributed by atoms with Gasteiger partial charge in [-0.3, -0.25) is 23.6 Å². The molecule has 1 amide bonds. The Balaban J connectivity index is 3.51. The maximum Gasteiger partial charge on any atom is 0.334 e. The molecule has 1 saturated heterocycles. The van der Waals surface area contributed by atoms with Crippen LogP contribution < -0.4 is 0 Å². The summed E-state index contributed by atoms with van der Waals surface area (Å²) in [6.07, 6.45) is 0. The minimum absolute atomic E-state index is 0.0268. The van der Waals surface area contributed by atoms with Gasteiger partial charge in [0.1, 0.15) is 0 Å². The number of hydrogen-bond donors (Lipinski definition) is 0. The fraction of sp³-hybridized carbons (Fsp3) is 0.750. The van der Waals surface area contributed by atoms with Gasteiger partial charge in [-0.2, -0.15) is 0 Å². The molecule has 0 spiro atoms. The van der Waals surface area contributed by atoms with Crippen molar-refractivity contribution >= 4 is 25.4 Å². The number of ether oxygens (including phenoxy) is 2. The van der Waals surface area contributed by atoms with E-state index in [4.69, 9.17) is 14.0 Å². The molecule has 1 rings (SSSR count). The molecule has 2 atom stereocenters. The van der Waals surface area contributed by atoms with Crippen LogP contribution in [0.15, 0.2) is 0 Å². The Hall–Kier alpha value is -1.40. The zero-order valence-corrected chi connectivity index (χ0v) is 13.6. The van der Waals surface area contributed by atoms with E-state index in [1.807, 2.05) is 0 Å². The minimum Gasteiger partial charge on any atom is -0.465 e. The van der Waals surface area contributed by atoms with Crippen LogP contribution in [-0.2, 0) is 32.9 Å². The highest BCUT2D eigenvalue weighted by Gasteiger charge is 2.73. The van der Waals surface area contributed by atoms with Gasteiger partial charge in [0.05, 0.1) is 18.9 Å². The number of amides is 1. The smallest absolute Gasteiger partial charge is 0.334 e. The Morgan fingerprint density at radius 3 is 1.95 bits per heavy atom. The first-order valence-corrected chi connectivity index (χ1v) is 8.18. The van der Waals surface area contributed by atoms with E-state index >= 15 is 0 Å². The second kappa shape index (κ2) is 6.15. The first-order valence-electron chi connectivity index (χ1n) is 6.53. The summed E-state index contributed by atoms with van der Waals surface area (Å²) in [5.74, 6) is -3.07. The fourth-order valence-corrected chi connectivity index (χ4v) is 4.74. The predicted molar refractivity (Wildman–Crippen MR) is 72.5 cm³/mol. The predicted octanol–water partition coefficient (Wildman–Crippen LogP) is 0.799. The Bertz CT molecular complexity index is 486. The van der Waals surface area contributed by atoms with Gasteiger partial charge in [0.15, 0.2) is 0 Å². The van der Waals surface area contributed by atoms with Gasteiger partial charge in [-0.1, -0.05) is 0 Å². The summed E-state index contributed by atoms with van der Waals surface area (Å²) in [6, 6.07) is 0. The molecule has 1 fully saturated rings. The van der Waals surface area contributed by atoms with E-state index in [9.17, 15) is 18.9 Å². The topological polar surface area (TPSA) is 99.2 Å². The van der Waals surface area contributed by atoms with Crippen molar-refractivity contribution in [3.8, 4) is 0 Å². The highest BCUT2D eigenvalue weighted by Crippen LogP contribution is 2.66. The third-order valence-electron chi connectivity index (χ3n) is 3.62. The maximum atomic E-state index is 12.8. The Morgan fingerprint density at radius 1 is 1.24 bits per heavy atom. The first kappa shape index (κ1) is 17.7. The second-order valence-electron chi connectivity index (χ2n) is 4.50. The van der Waals surface area contributed by atoms with Gasteiger partial charge >= 0.3 is 19.5 Å². The Morgan fingerprint density at radius 2 is 1.67 bits per heavy atom. The van der Waals surface area contributed by atoms with Crippen LogP contribution in [0.1, 0.15) is 20.8 Å². The minimum atomic E-state index is -3.68. The molecule has 8 nitrogen and oxygen atoms in total. The van der Waals surface area contributed by atoms with E-state index in [2.05, 4.69) is 0 Å². The molecule has 0 bridgehead atoms. The molecule has 1 aliphatic heterocycles. The zero-order valence-electron chi connectivity index (χ0n) is 12.7. The van der Waals surface area contributed by atoms with Crippen LogP contribution in [0.3, 0.4) is 0 Å². The summed E-state index contributed by atoms with van der Waals surface area (Å²) in [5, 5.41) is 0. The highest BCUT2D eigenvalue weighted by atomic mass is 31.2. The van der Waals surface area contributed by atoms with Crippen molar-refractivity contribution in [2.45, 2.75) is 26.4 Å². The summed E-state index contributed by atoms with van der Waals surface area (Å²) in [5.41, 5.74) is -3.49. The molecule has 9 heteroatoms. The Kier molecular flexibility index (Phi) is 5.17. The van der Waals surface area contributed by atoms with Crippen LogP contribution in [0.2, 0.25) is 0 Å². The third kappa shape index (κ3) is 2.26. The van der Waals surface area contributed by atoms with Crippen LogP contribution >= 0.6 is 7.52 Å². The normalized spacial score (nSPS) is 27.6. The monoisotopic (exact) mass is 321 g/mol. The van der Waals surface area contributed by atoms with Gasteiger partial charge in [0.2, 0.25) is 0 Å². The molecule has 0 aromatic heterocycles. The second-order valence-corrected chi connectivity index (χ2v) is 7.37. The number of carbonyl (C=O) groups is 3. The van der Waals surface area contributed by atoms with Gasteiger partial charge in [0.25, 0.3) is 11.3 Å². The number of hydrogen-bond acceptors (Lipinski definition) is 7. The zero-order chi connectivity index (χ0) is 16.4. The van der Waals surface area contributed by atoms with Gasteiger partial charge < -0.3 is 14.0 Å². The van der Waals surface area contributed by atoms with Crippen molar-refractivity contribution in [1.82, 2.24) is 4.67 Å². The summed E-state index contributed by atoms with van der Waals surface area (Å²) < 4.78 is 28.2. The van der Waals surface area contributed by atoms with E-state index in [-0.39, 0.29) is 13.2 Å². The average molecular weight is 321 g/mol. The van der Waals surface area contributed by atoms with E-state index < -0.39 is 36.4 Å². The van der Waals surface area contributed by atoms with Gasteiger partial charge in [-0.25, -0.2) is 0 Å². The van der Waals surface area contributed by atoms with Crippen molar-refractivity contribution < 1.29 is 32.9 Å². The van der Waals surface area contributed by atoms with Crippen LogP contribution in [0.25, 0.3) is 0 Å². The lowest BCUT2D eigenvalue weighted by Crippen LogP contribution is -2.52. The van der Waals surface area contributed by atoms with Crippen LogP contribution in [0.5, 0.6) is 0 Å². The summed E-state index contributed by atoms with van der Waals surface area (Å²) in [6.45, 7) is 4.38. The molecule has 2 unspecified atom stereocenters. The van der Waals surface area contributed by atoms with Crippen molar-refractivity contribution in [2.75, 3.05) is 27.4 Å². The third-order valence-corrected chi connectivity index (χ3v) is 6.53. The van der Waals surface area contributed by atoms with E-state index in [0.717, 1.165) is 11.8 Å². The molecule has 120 valence electrons. The molecule has 1 heterocycles. The maximum absolute atomic E-state index is 12.8. The molecule has 0 saturated carbocycles. The number of rotatable bonds is 5. The first-order chi connectivity index (χ1) is 9.74. The van der Waals surface area contributed by atoms with Crippen molar-refractivity contribution in [2.24, 2.45) is 5.41 Å². The van der Waals surface area contributed by atoms with Gasteiger partial charge in [0, 0.05) is 14.2 Å². The standard InChI is InChI=1S/C12H20NO7P/c1-6-19-10(15)12(11(16)20-7-2)8(3)21(17,18-5)13(4)9(12)14/h8H,6-7H2,1-5H3. The van der Waals surface area contributed by atoms with Crippen molar-refractivity contribution in [1.29, 1.82) is 0 Å². The molecular weight excluding hydrogens is 301 g/mol. The average Bonchev–Trinajstić information content (AvgIpc) is 2.60. The van der Waals surface area contributed by atoms with Crippen LogP contribution in [0.4, 0.5) is 0 Å². The van der Waals surface area contributed by atoms with Crippen molar-refractivity contribution in [3.63, 3.8) is 0 Å². The molecule has 0 aliphatic carbocycles. The highest BCUT2D eigenvalue weighted by molar-refractivity contribution is 7.59. The number of nitrogens with zero attached hydrogens (tertiary/aromatic N) is 1. The SMILES string of the molecule is CCOC(=O)C1(C(=O)OCC)C(=O)N(C)P(=O)(OC)C1C. The number of esters is 2. The van der Waals surface area contributed by atoms with E-state index in [1.165, 1.54) is 14.0 Å². The lowest BCUT2D eigenvalue weighted by Gasteiger charge is -2.26. The molecule has 21 heavy (non-hydrogen) atoms. The van der Waals surface area contributed by atoms with Crippen LogP contribution in [-0.4, -0.2) is 55.5 Å². The molecule has 0 aromatic rings. The quantitative estimate of drug-likeness (QED) is 0.419. The fourth-order valence-electron chi connectivity index (χ4n) is 2.43. The number of carbonyl (C=O) groups excluding carboxylic acids is 3. The summed E-state index contributed by atoms with van der Waals surface area (Å²) in [7, 11) is -1.30. The van der Waals surface area contributed by atoms with Gasteiger partial charge in [-0.15, -0.1) is 0 Å². The largest absolute Gasteiger partial charge is 0.465 e. The van der Waals surface area contributed by atoms with Crippen LogP contribution in [0, 0.1) is 5.41 Å². The molecule has 0 N–H and O–H groups in total. The molecule has 1 aliphatic rings. The van der Waals surface area contributed by atoms with Crippen molar-refractivity contribution in [3.05, 3.63) is 0 Å². The summed E-state index contributed by atoms with van der Waals surface area (Å²) in [4.78, 5) is 37.1. The lowest BCUT2D eigenvalue weighted by atomic mass is 9.83. The summed E-state index contributed by atoms with van der Waals surface area (Å²) >= 11 is 0. The van der Waals surface area contributed by atoms with E-state index in [0.29, 0.717) is 0 Å².